The maximum atomic E-state index is 8.41. The van der Waals surface area contributed by atoms with Crippen LogP contribution in [0.5, 0.6) is 0 Å². The molecule has 0 N–H and O–H groups in total. The summed E-state index contributed by atoms with van der Waals surface area (Å²) in [6, 6.07) is 0. The molecule has 7 nitrogen and oxygen atoms in total. The molecular formula is Cl2O7. The molecule has 0 aliphatic heterocycles. The maximum absolute atomic E-state index is 8.41. The van der Waals surface area contributed by atoms with E-state index in [0.29, 0.717) is 0 Å². The van der Waals surface area contributed by atoms with Crippen LogP contribution in [0, 0.1) is 21.6 Å². The fraction of sp³-hybridized carbons (Fsp3) is 0. The van der Waals surface area contributed by atoms with Gasteiger partial charge in [-0.3, -0.25) is 0 Å². The van der Waals surface area contributed by atoms with E-state index < -0.39 is 21.6 Å². The number of hydrogen-bond donors (Lipinski definition) is 0. The van der Waals surface area contributed by atoms with Gasteiger partial charge in [-0.2, -0.15) is 0 Å². The van der Waals surface area contributed by atoms with E-state index >= 15 is 0 Å². The average molecular weight is 183 g/mol. The monoisotopic (exact) mass is 182 g/mol. The Bertz CT molecular complexity index is 22.4. The van der Waals surface area contributed by atoms with E-state index in [1.165, 1.54) is 0 Å². The third-order valence-electron chi connectivity index (χ3n) is 0. The second-order valence-electron chi connectivity index (χ2n) is 0.378. The van der Waals surface area contributed by atoms with Crippen LogP contribution >= 0.6 is 0 Å². The lowest BCUT2D eigenvalue weighted by atomic mass is 15.8. The topological polar surface area (TPSA) is 167 Å². The molecular weight excluding hydrogens is 183 g/mol. The number of hydrogen-bond acceptors (Lipinski definition) is 6. The minimum Gasteiger partial charge on any atom is -0.357 e. The Morgan fingerprint density at radius 2 is 0.556 bits per heavy atom. The van der Waals surface area contributed by atoms with Crippen molar-refractivity contribution < 1.29 is 55.0 Å². The molecule has 9 heteroatoms. The molecule has 0 fully saturated rings. The van der Waals surface area contributed by atoms with Crippen molar-refractivity contribution in [1.29, 1.82) is 0 Å². The first-order valence-electron chi connectivity index (χ1n) is 0.926. The van der Waals surface area contributed by atoms with E-state index in [9.17, 15) is 0 Å². The van der Waals surface area contributed by atoms with Gasteiger partial charge in [-0.05, 0) is 0 Å². The molecule has 0 aromatic carbocycles. The molecule has 0 amide bonds. The van der Waals surface area contributed by atoms with Crippen LogP contribution in [-0.4, -0.2) is 0 Å². The van der Waals surface area contributed by atoms with Gasteiger partial charge >= 0.3 is 5.48 Å². The molecule has 0 unspecified atom stereocenters. The Morgan fingerprint density at radius 1 is 0.556 bits per heavy atom. The van der Waals surface area contributed by atoms with Crippen LogP contribution in [0.3, 0.4) is 0 Å². The van der Waals surface area contributed by atoms with Crippen LogP contribution in [0.25, 0.3) is 0 Å². The normalized spacial score (nSPS) is 8.00. The Balaban J connectivity index is -0.0000000720. The molecule has 0 spiro atoms. The zero-order valence-electron chi connectivity index (χ0n) is 3.61. The first-order chi connectivity index (χ1) is 3.46. The lowest BCUT2D eigenvalue weighted by Gasteiger charge is -1.89. The highest BCUT2D eigenvalue weighted by molar-refractivity contribution is 1.74. The van der Waals surface area contributed by atoms with Crippen molar-refractivity contribution in [3.63, 3.8) is 0 Å². The number of rotatable bonds is 0. The molecule has 0 atom stereocenters. The van der Waals surface area contributed by atoms with Crippen LogP contribution in [0.1, 0.15) is 0 Å². The summed E-state index contributed by atoms with van der Waals surface area (Å²) in [6.45, 7) is 0. The fourth-order valence-corrected chi connectivity index (χ4v) is 0. The van der Waals surface area contributed by atoms with Gasteiger partial charge in [0.1, 0.15) is 0 Å². The van der Waals surface area contributed by atoms with Crippen LogP contribution in [0.4, 0.5) is 0 Å². The Hall–Kier alpha value is 0.300. The molecule has 0 bridgehead atoms. The summed E-state index contributed by atoms with van der Waals surface area (Å²) in [5.41, 5.74) is 0. The smallest absolute Gasteiger partial charge is 0.357 e. The molecule has 0 aliphatic carbocycles. The van der Waals surface area contributed by atoms with Crippen molar-refractivity contribution in [3.8, 4) is 0 Å². The van der Waals surface area contributed by atoms with Crippen molar-refractivity contribution in [3.05, 3.63) is 0 Å². The second kappa shape index (κ2) is 11.1. The van der Waals surface area contributed by atoms with E-state index in [-0.39, 0.29) is 5.48 Å². The second-order valence-corrected chi connectivity index (χ2v) is 1.13. The third-order valence-corrected chi connectivity index (χ3v) is 0. The first kappa shape index (κ1) is 16.1. The van der Waals surface area contributed by atoms with Crippen molar-refractivity contribution in [2.45, 2.75) is 0 Å². The van der Waals surface area contributed by atoms with Gasteiger partial charge in [0, 0.05) is 0 Å². The molecule has 0 aromatic rings. The summed E-state index contributed by atoms with van der Waals surface area (Å²) in [5, 5.41) is 0. The fourth-order valence-electron chi connectivity index (χ4n) is 0. The van der Waals surface area contributed by atoms with Crippen molar-refractivity contribution in [2.75, 3.05) is 0 Å². The van der Waals surface area contributed by atoms with Gasteiger partial charge in [0.15, 0.2) is 0 Å². The van der Waals surface area contributed by atoms with Gasteiger partial charge in [-0.25, -0.2) is 0 Å². The SMILES string of the molecule is [O+2].[O-][Cl+2]([O-])[O-].[O-][Cl+2]([O-])[O-]. The molecule has 4 radical (unpaired) electrons. The van der Waals surface area contributed by atoms with Crippen LogP contribution in [-0.2, 0) is 5.48 Å². The van der Waals surface area contributed by atoms with Crippen LogP contribution < -0.4 is 28.0 Å². The largest absolute Gasteiger partial charge is 2.00 e. The minimum atomic E-state index is -2.85. The standard InChI is InChI=1S/2ClO3.O/c2*2-1(3)4;/q2*-1;+2. The lowest BCUT2D eigenvalue weighted by Crippen LogP contribution is -2.43. The Kier molecular flexibility index (Phi) is 20.0. The zero-order chi connectivity index (χ0) is 7.15. The van der Waals surface area contributed by atoms with Gasteiger partial charge in [-0.15, -0.1) is 0 Å². The van der Waals surface area contributed by atoms with E-state index in [1.807, 2.05) is 0 Å². The summed E-state index contributed by atoms with van der Waals surface area (Å²) in [4.78, 5) is 0. The summed E-state index contributed by atoms with van der Waals surface area (Å²) in [5.74, 6) is 0. The zero-order valence-corrected chi connectivity index (χ0v) is 5.13. The summed E-state index contributed by atoms with van der Waals surface area (Å²) in [6.07, 6.45) is 0. The van der Waals surface area contributed by atoms with Crippen LogP contribution in [0.15, 0.2) is 0 Å². The molecule has 0 saturated carbocycles. The van der Waals surface area contributed by atoms with Crippen molar-refractivity contribution in [2.24, 2.45) is 0 Å². The Labute approximate surface area is 55.9 Å². The van der Waals surface area contributed by atoms with E-state index in [2.05, 4.69) is 0 Å². The highest BCUT2D eigenvalue weighted by Crippen LogP contribution is 1.24. The van der Waals surface area contributed by atoms with Crippen LogP contribution in [0.2, 0.25) is 0 Å². The molecule has 9 heavy (non-hydrogen) atoms. The summed E-state index contributed by atoms with van der Waals surface area (Å²) in [7, 11) is -5.70. The highest BCUT2D eigenvalue weighted by Gasteiger charge is 2.00. The van der Waals surface area contributed by atoms with Gasteiger partial charge in [0.05, 0.1) is 21.6 Å². The average Bonchev–Trinajstić information content (AvgIpc) is 1.25. The van der Waals surface area contributed by atoms with Gasteiger partial charge < -0.3 is 28.0 Å². The molecule has 56 valence electrons. The number of halogens is 2. The van der Waals surface area contributed by atoms with Gasteiger partial charge in [0.25, 0.3) is 0 Å². The molecule has 0 saturated heterocycles. The quantitative estimate of drug-likeness (QED) is 0.361. The van der Waals surface area contributed by atoms with Crippen molar-refractivity contribution >= 4 is 0 Å². The predicted octanol–water partition coefficient (Wildman–Crippen LogP) is -7.25. The molecule has 0 heterocycles. The maximum Gasteiger partial charge on any atom is 2.00 e. The Morgan fingerprint density at radius 3 is 0.556 bits per heavy atom. The summed E-state index contributed by atoms with van der Waals surface area (Å²) >= 11 is 0. The van der Waals surface area contributed by atoms with E-state index in [0.717, 1.165) is 0 Å². The molecule has 0 aromatic heterocycles. The van der Waals surface area contributed by atoms with Crippen molar-refractivity contribution in [1.82, 2.24) is 0 Å². The van der Waals surface area contributed by atoms with E-state index in [4.69, 9.17) is 28.0 Å². The minimum absolute atomic E-state index is 0. The molecule has 0 rings (SSSR count). The van der Waals surface area contributed by atoms with Gasteiger partial charge in [-0.1, -0.05) is 0 Å². The first-order valence-corrected chi connectivity index (χ1v) is 2.78. The molecule has 0 aliphatic rings. The summed E-state index contributed by atoms with van der Waals surface area (Å²) < 4.78 is 50.4. The predicted molar refractivity (Wildman–Crippen MR) is 0.686 cm³/mol. The lowest BCUT2D eigenvalue weighted by molar-refractivity contribution is -1.73. The highest BCUT2D eigenvalue weighted by atomic mass is 35.6. The van der Waals surface area contributed by atoms with E-state index in [1.54, 1.807) is 0 Å². The third kappa shape index (κ3) is 3660. The van der Waals surface area contributed by atoms with Gasteiger partial charge in [0.2, 0.25) is 0 Å².